The van der Waals surface area contributed by atoms with Crippen molar-refractivity contribution in [1.29, 1.82) is 0 Å². The van der Waals surface area contributed by atoms with Crippen LogP contribution in [0.15, 0.2) is 40.0 Å². The topological polar surface area (TPSA) is 85.3 Å². The van der Waals surface area contributed by atoms with E-state index >= 15 is 0 Å². The number of thioether (sulfide) groups is 1. The van der Waals surface area contributed by atoms with Crippen molar-refractivity contribution in [1.82, 2.24) is 19.8 Å². The van der Waals surface area contributed by atoms with Crippen LogP contribution in [0.3, 0.4) is 0 Å². The minimum absolute atomic E-state index is 0.162. The number of aromatic nitrogens is 4. The van der Waals surface area contributed by atoms with E-state index in [4.69, 9.17) is 4.52 Å². The summed E-state index contributed by atoms with van der Waals surface area (Å²) in [5, 5.41) is 15.3. The number of aryl methyl sites for hydroxylation is 1. The number of carbonyl (C=O) groups is 1. The first-order valence-corrected chi connectivity index (χ1v) is 8.95. The van der Waals surface area contributed by atoms with Crippen LogP contribution in [0.5, 0.6) is 0 Å². The molecule has 1 atom stereocenters. The second kappa shape index (κ2) is 5.91. The van der Waals surface area contributed by atoms with E-state index in [1.807, 2.05) is 35.6 Å². The maximum Gasteiger partial charge on any atom is 0.238 e. The highest BCUT2D eigenvalue weighted by molar-refractivity contribution is 8.00. The Morgan fingerprint density at radius 2 is 2.21 bits per heavy atom. The molecular weight excluding hydrogens is 346 g/mol. The summed E-state index contributed by atoms with van der Waals surface area (Å²) in [6.07, 6.45) is 0. The van der Waals surface area contributed by atoms with E-state index in [-0.39, 0.29) is 11.2 Å². The molecule has 0 bridgehead atoms. The monoisotopic (exact) mass is 359 g/mol. The van der Waals surface area contributed by atoms with Gasteiger partial charge in [0.1, 0.15) is 5.76 Å². The van der Waals surface area contributed by atoms with Gasteiger partial charge in [-0.1, -0.05) is 40.4 Å². The zero-order chi connectivity index (χ0) is 16.7. The number of nitrogens with one attached hydrogen (secondary N) is 1. The van der Waals surface area contributed by atoms with Gasteiger partial charge in [0.05, 0.1) is 15.5 Å². The van der Waals surface area contributed by atoms with Crippen molar-refractivity contribution in [3.05, 3.63) is 36.1 Å². The summed E-state index contributed by atoms with van der Waals surface area (Å²) in [6, 6.07) is 9.72. The van der Waals surface area contributed by atoms with Gasteiger partial charge in [-0.3, -0.25) is 9.20 Å². The first kappa shape index (κ1) is 15.2. The molecule has 1 aromatic carbocycles. The highest BCUT2D eigenvalue weighted by Crippen LogP contribution is 2.31. The van der Waals surface area contributed by atoms with E-state index in [2.05, 4.69) is 20.7 Å². The van der Waals surface area contributed by atoms with Gasteiger partial charge < -0.3 is 9.84 Å². The normalized spacial score (nSPS) is 12.8. The number of hydrogen-bond acceptors (Lipinski definition) is 7. The minimum Gasteiger partial charge on any atom is -0.360 e. The lowest BCUT2D eigenvalue weighted by Crippen LogP contribution is -2.22. The van der Waals surface area contributed by atoms with Crippen LogP contribution in [0.4, 0.5) is 5.82 Å². The van der Waals surface area contributed by atoms with Crippen molar-refractivity contribution in [3.8, 4) is 0 Å². The fraction of sp³-hybridized carbons (Fsp3) is 0.200. The first-order valence-electron chi connectivity index (χ1n) is 7.25. The molecule has 4 rings (SSSR count). The van der Waals surface area contributed by atoms with E-state index in [1.165, 1.54) is 11.8 Å². The zero-order valence-corrected chi connectivity index (χ0v) is 14.5. The molecule has 4 aromatic rings. The van der Waals surface area contributed by atoms with Crippen LogP contribution in [-0.2, 0) is 4.79 Å². The summed E-state index contributed by atoms with van der Waals surface area (Å²) in [7, 11) is 0. The quantitative estimate of drug-likeness (QED) is 0.562. The first-order chi connectivity index (χ1) is 11.6. The SMILES string of the molecule is Cc1cc(NC(=O)[C@H](C)Sc2nnc3sc4ccccc4n23)no1. The molecule has 0 unspecified atom stereocenters. The molecule has 9 heteroatoms. The van der Waals surface area contributed by atoms with Crippen LogP contribution in [0.1, 0.15) is 12.7 Å². The largest absolute Gasteiger partial charge is 0.360 e. The lowest BCUT2D eigenvalue weighted by atomic mass is 10.3. The van der Waals surface area contributed by atoms with Crippen LogP contribution in [0.25, 0.3) is 15.2 Å². The molecule has 1 N–H and O–H groups in total. The summed E-state index contributed by atoms with van der Waals surface area (Å²) in [5.74, 6) is 0.899. The van der Waals surface area contributed by atoms with Gasteiger partial charge in [-0.05, 0) is 26.0 Å². The van der Waals surface area contributed by atoms with Crippen molar-refractivity contribution in [2.24, 2.45) is 0 Å². The predicted octanol–water partition coefficient (Wildman–Crippen LogP) is 3.36. The summed E-state index contributed by atoms with van der Waals surface area (Å²) in [5.41, 5.74) is 1.05. The number of hydrogen-bond donors (Lipinski definition) is 1. The molecule has 0 saturated heterocycles. The van der Waals surface area contributed by atoms with Crippen molar-refractivity contribution >= 4 is 50.0 Å². The van der Waals surface area contributed by atoms with Gasteiger partial charge in [0.15, 0.2) is 11.0 Å². The van der Waals surface area contributed by atoms with Crippen molar-refractivity contribution in [2.75, 3.05) is 5.32 Å². The molecule has 0 fully saturated rings. The van der Waals surface area contributed by atoms with E-state index in [0.717, 1.165) is 15.2 Å². The number of carbonyl (C=O) groups excluding carboxylic acids is 1. The summed E-state index contributed by atoms with van der Waals surface area (Å²) in [4.78, 5) is 13.1. The molecule has 3 aromatic heterocycles. The Morgan fingerprint density at radius 3 is 3.00 bits per heavy atom. The van der Waals surface area contributed by atoms with Gasteiger partial charge in [-0.15, -0.1) is 10.2 Å². The minimum atomic E-state index is -0.354. The number of rotatable bonds is 4. The van der Waals surface area contributed by atoms with Gasteiger partial charge in [0, 0.05) is 6.07 Å². The molecular formula is C15H13N5O2S2. The van der Waals surface area contributed by atoms with E-state index < -0.39 is 0 Å². The van der Waals surface area contributed by atoms with Crippen molar-refractivity contribution in [2.45, 2.75) is 24.3 Å². The number of benzene rings is 1. The summed E-state index contributed by atoms with van der Waals surface area (Å²) >= 11 is 2.94. The third-order valence-corrected chi connectivity index (χ3v) is 5.50. The van der Waals surface area contributed by atoms with Crippen LogP contribution in [0, 0.1) is 6.92 Å². The number of nitrogens with zero attached hydrogens (tertiary/aromatic N) is 4. The predicted molar refractivity (Wildman–Crippen MR) is 93.6 cm³/mol. The second-order valence-corrected chi connectivity index (χ2v) is 7.56. The molecule has 0 aliphatic carbocycles. The molecule has 0 aliphatic heterocycles. The maximum absolute atomic E-state index is 12.3. The highest BCUT2D eigenvalue weighted by Gasteiger charge is 2.20. The Balaban J connectivity index is 1.58. The lowest BCUT2D eigenvalue weighted by molar-refractivity contribution is -0.115. The molecule has 1 amide bonds. The zero-order valence-electron chi connectivity index (χ0n) is 12.9. The van der Waals surface area contributed by atoms with Gasteiger partial charge in [-0.25, -0.2) is 0 Å². The Kier molecular flexibility index (Phi) is 3.73. The standard InChI is InChI=1S/C15H13N5O2S2/c1-8-7-12(19-22-8)16-13(21)9(2)23-14-17-18-15-20(14)10-5-3-4-6-11(10)24-15/h3-7,9H,1-2H3,(H,16,19,21)/t9-/m0/s1. The Hall–Kier alpha value is -2.39. The molecule has 3 heterocycles. The van der Waals surface area contributed by atoms with Gasteiger partial charge >= 0.3 is 0 Å². The molecule has 0 spiro atoms. The lowest BCUT2D eigenvalue weighted by Gasteiger charge is -2.08. The highest BCUT2D eigenvalue weighted by atomic mass is 32.2. The maximum atomic E-state index is 12.3. The van der Waals surface area contributed by atoms with Crippen LogP contribution in [0.2, 0.25) is 0 Å². The number of thiazole rings is 1. The van der Waals surface area contributed by atoms with E-state index in [0.29, 0.717) is 16.7 Å². The smallest absolute Gasteiger partial charge is 0.238 e. The second-order valence-electron chi connectivity index (χ2n) is 5.24. The van der Waals surface area contributed by atoms with Crippen LogP contribution >= 0.6 is 23.1 Å². The third kappa shape index (κ3) is 2.65. The molecule has 122 valence electrons. The van der Waals surface area contributed by atoms with Gasteiger partial charge in [0.25, 0.3) is 0 Å². The molecule has 0 saturated carbocycles. The average molecular weight is 359 g/mol. The number of amides is 1. The molecule has 24 heavy (non-hydrogen) atoms. The summed E-state index contributed by atoms with van der Waals surface area (Å²) < 4.78 is 8.07. The number of anilines is 1. The molecule has 7 nitrogen and oxygen atoms in total. The van der Waals surface area contributed by atoms with E-state index in [9.17, 15) is 4.79 Å². The van der Waals surface area contributed by atoms with Crippen LogP contribution in [-0.4, -0.2) is 30.9 Å². The number of fused-ring (bicyclic) bond motifs is 3. The third-order valence-electron chi connectivity index (χ3n) is 3.44. The Labute approximate surface area is 145 Å². The van der Waals surface area contributed by atoms with Crippen LogP contribution < -0.4 is 5.32 Å². The summed E-state index contributed by atoms with van der Waals surface area (Å²) in [6.45, 7) is 3.60. The average Bonchev–Trinajstić information content (AvgIpc) is 3.23. The number of para-hydroxylation sites is 1. The Bertz CT molecular complexity index is 1030. The van der Waals surface area contributed by atoms with E-state index in [1.54, 1.807) is 24.3 Å². The van der Waals surface area contributed by atoms with Crippen molar-refractivity contribution in [3.63, 3.8) is 0 Å². The fourth-order valence-electron chi connectivity index (χ4n) is 2.30. The molecule has 0 aliphatic rings. The fourth-order valence-corrected chi connectivity index (χ4v) is 4.18. The Morgan fingerprint density at radius 1 is 1.38 bits per heavy atom. The molecule has 0 radical (unpaired) electrons. The van der Waals surface area contributed by atoms with Gasteiger partial charge in [-0.2, -0.15) is 0 Å². The van der Waals surface area contributed by atoms with Crippen molar-refractivity contribution < 1.29 is 9.32 Å². The van der Waals surface area contributed by atoms with Gasteiger partial charge in [0.2, 0.25) is 10.9 Å².